The van der Waals surface area contributed by atoms with E-state index in [1.54, 1.807) is 30.3 Å². The number of aliphatic hydroxyl groups excluding tert-OH is 1. The zero-order valence-corrected chi connectivity index (χ0v) is 19.8. The van der Waals surface area contributed by atoms with Crippen LogP contribution in [-0.4, -0.2) is 27.8 Å². The molecule has 0 radical (unpaired) electrons. The first-order chi connectivity index (χ1) is 16.3. The van der Waals surface area contributed by atoms with Crippen molar-refractivity contribution in [1.82, 2.24) is 4.90 Å². The molecule has 34 heavy (non-hydrogen) atoms. The van der Waals surface area contributed by atoms with E-state index in [0.717, 1.165) is 16.9 Å². The summed E-state index contributed by atoms with van der Waals surface area (Å²) in [5.74, 6) is -0.892. The summed E-state index contributed by atoms with van der Waals surface area (Å²) in [6.07, 6.45) is 0.745. The Morgan fingerprint density at radius 2 is 1.79 bits per heavy atom. The highest BCUT2D eigenvalue weighted by Gasteiger charge is 2.46. The number of aliphatic hydroxyl groups is 1. The molecular formula is C27H21Cl2NO4. The van der Waals surface area contributed by atoms with E-state index >= 15 is 0 Å². The molecule has 172 valence electrons. The highest BCUT2D eigenvalue weighted by molar-refractivity contribution is 6.46. The number of Topliss-reactive ketones (excluding diaryl/α,β-unsaturated/α-hetero) is 1. The highest BCUT2D eigenvalue weighted by Crippen LogP contribution is 2.42. The second-order valence-electron chi connectivity index (χ2n) is 8.54. The van der Waals surface area contributed by atoms with Crippen molar-refractivity contribution in [3.8, 4) is 5.75 Å². The van der Waals surface area contributed by atoms with Crippen LogP contribution in [0.3, 0.4) is 0 Å². The van der Waals surface area contributed by atoms with Crippen molar-refractivity contribution in [1.29, 1.82) is 0 Å². The maximum atomic E-state index is 13.2. The Balaban J connectivity index is 1.65. The predicted molar refractivity (Wildman–Crippen MR) is 131 cm³/mol. The van der Waals surface area contributed by atoms with Gasteiger partial charge in [0, 0.05) is 18.5 Å². The summed E-state index contributed by atoms with van der Waals surface area (Å²) in [5.41, 5.74) is 2.87. The number of nitrogens with zero attached hydrogens (tertiary/aromatic N) is 1. The number of hydrogen-bond donors (Lipinski definition) is 1. The SMILES string of the molecule is C[C@H]1Cc2cc(/C(O)=C3\C(=O)C(=O)N(Cc4ccccc4)[C@@H]3c3ccc(Cl)c(Cl)c3)ccc2O1. The molecule has 2 heterocycles. The van der Waals surface area contributed by atoms with Crippen LogP contribution in [0.25, 0.3) is 5.76 Å². The van der Waals surface area contributed by atoms with Crippen molar-refractivity contribution in [3.63, 3.8) is 0 Å². The third-order valence-electron chi connectivity index (χ3n) is 6.16. The molecule has 5 nitrogen and oxygen atoms in total. The van der Waals surface area contributed by atoms with Gasteiger partial charge < -0.3 is 14.7 Å². The summed E-state index contributed by atoms with van der Waals surface area (Å²) >= 11 is 12.4. The van der Waals surface area contributed by atoms with Crippen LogP contribution in [0.4, 0.5) is 0 Å². The average Bonchev–Trinajstić information content (AvgIpc) is 3.32. The van der Waals surface area contributed by atoms with Gasteiger partial charge >= 0.3 is 0 Å². The summed E-state index contributed by atoms with van der Waals surface area (Å²) in [4.78, 5) is 27.9. The van der Waals surface area contributed by atoms with Crippen molar-refractivity contribution in [2.24, 2.45) is 0 Å². The number of carbonyl (C=O) groups is 2. The minimum atomic E-state index is -0.821. The molecule has 3 aromatic carbocycles. The topological polar surface area (TPSA) is 66.8 Å². The van der Waals surface area contributed by atoms with Gasteiger partial charge in [-0.05, 0) is 53.9 Å². The molecule has 1 N–H and O–H groups in total. The number of carbonyl (C=O) groups excluding carboxylic acids is 2. The number of rotatable bonds is 4. The van der Waals surface area contributed by atoms with Gasteiger partial charge in [0.05, 0.1) is 21.7 Å². The van der Waals surface area contributed by atoms with E-state index in [1.807, 2.05) is 43.3 Å². The summed E-state index contributed by atoms with van der Waals surface area (Å²) in [7, 11) is 0. The first kappa shape index (κ1) is 22.5. The number of ether oxygens (including phenoxy) is 1. The van der Waals surface area contributed by atoms with Gasteiger partial charge in [-0.3, -0.25) is 9.59 Å². The smallest absolute Gasteiger partial charge is 0.295 e. The molecule has 0 aromatic heterocycles. The lowest BCUT2D eigenvalue weighted by atomic mass is 9.94. The van der Waals surface area contributed by atoms with Gasteiger partial charge in [0.2, 0.25) is 0 Å². The fourth-order valence-electron chi connectivity index (χ4n) is 4.58. The Kier molecular flexibility index (Phi) is 5.84. The second kappa shape index (κ2) is 8.82. The van der Waals surface area contributed by atoms with Gasteiger partial charge in [0.1, 0.15) is 17.6 Å². The molecule has 5 rings (SSSR count). The molecule has 0 aliphatic carbocycles. The van der Waals surface area contributed by atoms with Crippen molar-refractivity contribution < 1.29 is 19.4 Å². The molecule has 1 saturated heterocycles. The lowest BCUT2D eigenvalue weighted by molar-refractivity contribution is -0.140. The van der Waals surface area contributed by atoms with E-state index < -0.39 is 17.7 Å². The number of ketones is 1. The van der Waals surface area contributed by atoms with Crippen LogP contribution in [0.15, 0.2) is 72.3 Å². The van der Waals surface area contributed by atoms with Gasteiger partial charge in [-0.25, -0.2) is 0 Å². The zero-order chi connectivity index (χ0) is 24.0. The molecular weight excluding hydrogens is 473 g/mol. The number of fused-ring (bicyclic) bond motifs is 1. The van der Waals surface area contributed by atoms with E-state index in [1.165, 1.54) is 4.90 Å². The Hall–Kier alpha value is -3.28. The normalized spacial score (nSPS) is 21.0. The first-order valence-electron chi connectivity index (χ1n) is 10.9. The zero-order valence-electron chi connectivity index (χ0n) is 18.3. The third kappa shape index (κ3) is 3.95. The summed E-state index contributed by atoms with van der Waals surface area (Å²) in [5, 5.41) is 12.0. The minimum absolute atomic E-state index is 0.0197. The van der Waals surface area contributed by atoms with E-state index in [-0.39, 0.29) is 24.0 Å². The second-order valence-corrected chi connectivity index (χ2v) is 9.36. The standard InChI is InChI=1S/C27H21Cl2NO4/c1-15-11-19-12-18(8-10-22(19)34-15)25(31)23-24(17-7-9-20(28)21(29)13-17)30(27(33)26(23)32)14-16-5-3-2-4-6-16/h2-10,12-13,15,24,31H,11,14H2,1H3/b25-23+/t15-,24+/m0/s1. The quantitative estimate of drug-likeness (QED) is 0.277. The van der Waals surface area contributed by atoms with Crippen LogP contribution >= 0.6 is 23.2 Å². The van der Waals surface area contributed by atoms with Crippen LogP contribution in [0.1, 0.15) is 35.2 Å². The van der Waals surface area contributed by atoms with Gasteiger partial charge in [-0.2, -0.15) is 0 Å². The van der Waals surface area contributed by atoms with E-state index in [9.17, 15) is 14.7 Å². The van der Waals surface area contributed by atoms with Crippen LogP contribution in [0, 0.1) is 0 Å². The maximum absolute atomic E-state index is 13.2. The molecule has 7 heteroatoms. The van der Waals surface area contributed by atoms with Gasteiger partial charge in [0.25, 0.3) is 11.7 Å². The highest BCUT2D eigenvalue weighted by atomic mass is 35.5. The fourth-order valence-corrected chi connectivity index (χ4v) is 4.88. The first-order valence-corrected chi connectivity index (χ1v) is 11.7. The summed E-state index contributed by atoms with van der Waals surface area (Å²) in [6, 6.07) is 18.8. The van der Waals surface area contributed by atoms with Crippen LogP contribution in [0.2, 0.25) is 10.0 Å². The van der Waals surface area contributed by atoms with Gasteiger partial charge in [-0.15, -0.1) is 0 Å². The molecule has 1 amide bonds. The van der Waals surface area contributed by atoms with E-state index in [0.29, 0.717) is 27.6 Å². The van der Waals surface area contributed by atoms with Crippen molar-refractivity contribution in [2.75, 3.05) is 0 Å². The minimum Gasteiger partial charge on any atom is -0.507 e. The molecule has 0 saturated carbocycles. The molecule has 0 bridgehead atoms. The number of amides is 1. The monoisotopic (exact) mass is 493 g/mol. The van der Waals surface area contributed by atoms with Crippen molar-refractivity contribution >= 4 is 40.7 Å². The van der Waals surface area contributed by atoms with Crippen LogP contribution in [0.5, 0.6) is 5.75 Å². The third-order valence-corrected chi connectivity index (χ3v) is 6.90. The Labute approximate surface area is 207 Å². The maximum Gasteiger partial charge on any atom is 0.295 e. The largest absolute Gasteiger partial charge is 0.507 e. The van der Waals surface area contributed by atoms with Crippen molar-refractivity contribution in [2.45, 2.75) is 32.0 Å². The molecule has 2 aliphatic rings. The van der Waals surface area contributed by atoms with Crippen molar-refractivity contribution in [3.05, 3.63) is 105 Å². The van der Waals surface area contributed by atoms with E-state index in [2.05, 4.69) is 0 Å². The lowest BCUT2D eigenvalue weighted by Crippen LogP contribution is -2.29. The number of halogens is 2. The fraction of sp³-hybridized carbons (Fsp3) is 0.185. The van der Waals surface area contributed by atoms with Gasteiger partial charge in [-0.1, -0.05) is 59.6 Å². The van der Waals surface area contributed by atoms with E-state index in [4.69, 9.17) is 27.9 Å². The molecule has 2 atom stereocenters. The average molecular weight is 494 g/mol. The molecule has 2 aliphatic heterocycles. The molecule has 1 fully saturated rings. The van der Waals surface area contributed by atoms with Gasteiger partial charge in [0.15, 0.2) is 0 Å². The molecule has 0 unspecified atom stereocenters. The number of hydrogen-bond acceptors (Lipinski definition) is 4. The molecule has 3 aromatic rings. The number of likely N-dealkylation sites (tertiary alicyclic amines) is 1. The number of benzene rings is 3. The molecule has 0 spiro atoms. The predicted octanol–water partition coefficient (Wildman–Crippen LogP) is 5.94. The lowest BCUT2D eigenvalue weighted by Gasteiger charge is -2.25. The Morgan fingerprint density at radius 3 is 2.53 bits per heavy atom. The Morgan fingerprint density at radius 1 is 1.03 bits per heavy atom. The van der Waals surface area contributed by atoms with Crippen LogP contribution < -0.4 is 4.74 Å². The summed E-state index contributed by atoms with van der Waals surface area (Å²) < 4.78 is 5.75. The summed E-state index contributed by atoms with van der Waals surface area (Å²) in [6.45, 7) is 2.17. The Bertz CT molecular complexity index is 1340. The van der Waals surface area contributed by atoms with Crippen LogP contribution in [-0.2, 0) is 22.6 Å².